The molecule has 0 amide bonds. The van der Waals surface area contributed by atoms with Gasteiger partial charge in [-0.15, -0.1) is 0 Å². The number of nitrogens with one attached hydrogen (secondary N) is 1. The minimum Gasteiger partial charge on any atom is -0.366 e. The van der Waals surface area contributed by atoms with Crippen LogP contribution in [-0.2, 0) is 0 Å². The van der Waals surface area contributed by atoms with E-state index >= 15 is 0 Å². The van der Waals surface area contributed by atoms with Gasteiger partial charge >= 0.3 is 0 Å². The highest BCUT2D eigenvalue weighted by Crippen LogP contribution is 2.34. The number of anilines is 4. The number of rotatable bonds is 5. The van der Waals surface area contributed by atoms with Gasteiger partial charge in [0.1, 0.15) is 5.82 Å². The zero-order valence-electron chi connectivity index (χ0n) is 17.7. The van der Waals surface area contributed by atoms with Gasteiger partial charge in [-0.25, -0.2) is 15.0 Å². The lowest BCUT2D eigenvalue weighted by Crippen LogP contribution is -2.44. The number of likely N-dealkylation sites (N-methyl/N-ethyl adjacent to an activating group) is 1. The lowest BCUT2D eigenvalue weighted by molar-refractivity contribution is 0.292. The summed E-state index contributed by atoms with van der Waals surface area (Å²) in [7, 11) is 6.19. The summed E-state index contributed by atoms with van der Waals surface area (Å²) in [5, 5.41) is 3.32. The van der Waals surface area contributed by atoms with Crippen molar-refractivity contribution in [2.24, 2.45) is 0 Å². The van der Waals surface area contributed by atoms with E-state index in [9.17, 15) is 0 Å². The summed E-state index contributed by atoms with van der Waals surface area (Å²) < 4.78 is 0. The minimum absolute atomic E-state index is 0.582. The Bertz CT molecular complexity index is 1010. The van der Waals surface area contributed by atoms with Crippen LogP contribution in [0.2, 0.25) is 0 Å². The Kier molecular flexibility index (Phi) is 4.75. The lowest BCUT2D eigenvalue weighted by Gasteiger charge is -2.33. The van der Waals surface area contributed by atoms with E-state index in [4.69, 9.17) is 0 Å². The van der Waals surface area contributed by atoms with Crippen molar-refractivity contribution in [2.75, 3.05) is 49.3 Å². The van der Waals surface area contributed by atoms with Gasteiger partial charge in [0, 0.05) is 68.6 Å². The summed E-state index contributed by atoms with van der Waals surface area (Å²) in [6, 6.07) is 15.9. The molecule has 2 saturated heterocycles. The van der Waals surface area contributed by atoms with E-state index in [1.54, 1.807) is 6.20 Å². The van der Waals surface area contributed by atoms with Gasteiger partial charge in [0.05, 0.1) is 5.69 Å². The van der Waals surface area contributed by atoms with E-state index in [1.807, 2.05) is 43.4 Å². The van der Waals surface area contributed by atoms with Gasteiger partial charge in [-0.3, -0.25) is 4.90 Å². The van der Waals surface area contributed by atoms with Crippen LogP contribution in [0.15, 0.2) is 54.9 Å². The van der Waals surface area contributed by atoms with Gasteiger partial charge in [-0.05, 0) is 55.9 Å². The third-order valence-corrected chi connectivity index (χ3v) is 6.13. The average molecular weight is 402 g/mol. The Balaban J connectivity index is 1.29. The number of hydrogen-bond acceptors (Lipinski definition) is 7. The van der Waals surface area contributed by atoms with Crippen LogP contribution in [0.5, 0.6) is 0 Å². The molecule has 7 nitrogen and oxygen atoms in total. The van der Waals surface area contributed by atoms with Crippen molar-refractivity contribution in [3.8, 4) is 11.3 Å². The van der Waals surface area contributed by atoms with Crippen LogP contribution in [0.3, 0.4) is 0 Å². The van der Waals surface area contributed by atoms with Crippen LogP contribution in [-0.4, -0.2) is 66.2 Å². The maximum Gasteiger partial charge on any atom is 0.227 e. The van der Waals surface area contributed by atoms with Crippen molar-refractivity contribution in [2.45, 2.75) is 18.5 Å². The second-order valence-electron chi connectivity index (χ2n) is 8.37. The third-order valence-electron chi connectivity index (χ3n) is 6.13. The van der Waals surface area contributed by atoms with Crippen molar-refractivity contribution in [1.29, 1.82) is 0 Å². The van der Waals surface area contributed by atoms with Crippen LogP contribution >= 0.6 is 0 Å². The molecule has 2 aliphatic rings. The standard InChI is InChI=1S/C23H27N7/c1-28(2)22-9-4-16(13-25-22)21-10-11-24-23(27-21)26-17-5-7-18(8-6-17)30-15-19-12-20(30)14-29(19)3/h4-11,13,19-20H,12,14-15H2,1-3H3,(H,24,26,27)/t19-,20-/m0/s1. The topological polar surface area (TPSA) is 60.4 Å². The summed E-state index contributed by atoms with van der Waals surface area (Å²) in [6.45, 7) is 2.29. The maximum atomic E-state index is 4.66. The molecule has 2 bridgehead atoms. The molecule has 0 radical (unpaired) electrons. The second kappa shape index (κ2) is 7.57. The van der Waals surface area contributed by atoms with E-state index in [2.05, 4.69) is 61.4 Å². The van der Waals surface area contributed by atoms with Crippen molar-refractivity contribution >= 4 is 23.1 Å². The number of benzene rings is 1. The fourth-order valence-corrected chi connectivity index (χ4v) is 4.43. The van der Waals surface area contributed by atoms with E-state index in [-0.39, 0.29) is 0 Å². The highest BCUT2D eigenvalue weighted by molar-refractivity contribution is 5.64. The molecule has 3 aromatic rings. The number of aromatic nitrogens is 3. The van der Waals surface area contributed by atoms with Gasteiger partial charge in [0.2, 0.25) is 5.95 Å². The number of piperazine rings is 1. The van der Waals surface area contributed by atoms with Gasteiger partial charge in [0.25, 0.3) is 0 Å². The number of likely N-dealkylation sites (tertiary alicyclic amines) is 1. The number of pyridine rings is 1. The summed E-state index contributed by atoms with van der Waals surface area (Å²) in [5.41, 5.74) is 4.09. The van der Waals surface area contributed by atoms with Crippen molar-refractivity contribution in [3.05, 3.63) is 54.9 Å². The van der Waals surface area contributed by atoms with E-state index in [0.29, 0.717) is 18.0 Å². The van der Waals surface area contributed by atoms with Gasteiger partial charge < -0.3 is 15.1 Å². The molecular weight excluding hydrogens is 374 g/mol. The molecule has 7 heteroatoms. The van der Waals surface area contributed by atoms with Crippen LogP contribution in [0.4, 0.5) is 23.1 Å². The predicted octanol–water partition coefficient (Wildman–Crippen LogP) is 3.24. The van der Waals surface area contributed by atoms with Crippen molar-refractivity contribution in [1.82, 2.24) is 19.9 Å². The first-order valence-electron chi connectivity index (χ1n) is 10.4. The molecule has 4 heterocycles. The largest absolute Gasteiger partial charge is 0.366 e. The smallest absolute Gasteiger partial charge is 0.227 e. The average Bonchev–Trinajstić information content (AvgIpc) is 3.34. The lowest BCUT2D eigenvalue weighted by atomic mass is 10.2. The van der Waals surface area contributed by atoms with E-state index in [0.717, 1.165) is 35.9 Å². The Morgan fingerprint density at radius 2 is 1.80 bits per heavy atom. The van der Waals surface area contributed by atoms with Crippen LogP contribution in [0, 0.1) is 0 Å². The highest BCUT2D eigenvalue weighted by atomic mass is 15.3. The van der Waals surface area contributed by atoms with Crippen LogP contribution in [0.1, 0.15) is 6.42 Å². The summed E-state index contributed by atoms with van der Waals surface area (Å²) in [6.07, 6.45) is 4.90. The molecule has 0 unspecified atom stereocenters. The Hall–Kier alpha value is -3.19. The monoisotopic (exact) mass is 401 g/mol. The zero-order chi connectivity index (χ0) is 20.7. The normalized spacial score (nSPS) is 20.6. The molecule has 0 spiro atoms. The van der Waals surface area contributed by atoms with Gasteiger partial charge in [0.15, 0.2) is 0 Å². The van der Waals surface area contributed by atoms with Gasteiger partial charge in [-0.1, -0.05) is 0 Å². The van der Waals surface area contributed by atoms with Gasteiger partial charge in [-0.2, -0.15) is 0 Å². The Morgan fingerprint density at radius 3 is 2.43 bits per heavy atom. The maximum absolute atomic E-state index is 4.66. The number of hydrogen-bond donors (Lipinski definition) is 1. The zero-order valence-corrected chi connectivity index (χ0v) is 17.7. The SMILES string of the molecule is CN(C)c1ccc(-c2ccnc(Nc3ccc(N4C[C@@H]5C[C@H]4CN5C)cc3)n2)cn1. The minimum atomic E-state index is 0.582. The Morgan fingerprint density at radius 1 is 0.967 bits per heavy atom. The number of nitrogens with zero attached hydrogens (tertiary/aromatic N) is 6. The predicted molar refractivity (Wildman–Crippen MR) is 121 cm³/mol. The fourth-order valence-electron chi connectivity index (χ4n) is 4.43. The molecule has 0 aliphatic carbocycles. The quantitative estimate of drug-likeness (QED) is 0.704. The summed E-state index contributed by atoms with van der Waals surface area (Å²) in [4.78, 5) is 20.5. The first-order chi connectivity index (χ1) is 14.6. The van der Waals surface area contributed by atoms with Crippen molar-refractivity contribution < 1.29 is 0 Å². The number of fused-ring (bicyclic) bond motifs is 2. The first kappa shape index (κ1) is 18.8. The first-order valence-corrected chi connectivity index (χ1v) is 10.4. The molecule has 154 valence electrons. The fraction of sp³-hybridized carbons (Fsp3) is 0.348. The molecule has 1 N–H and O–H groups in total. The molecule has 1 aromatic carbocycles. The molecular formula is C23H27N7. The summed E-state index contributed by atoms with van der Waals surface area (Å²) >= 11 is 0. The molecule has 5 rings (SSSR count). The molecule has 30 heavy (non-hydrogen) atoms. The molecule has 2 fully saturated rings. The molecule has 2 atom stereocenters. The summed E-state index contributed by atoms with van der Waals surface area (Å²) in [5.74, 6) is 1.50. The van der Waals surface area contributed by atoms with Crippen LogP contribution < -0.4 is 15.1 Å². The van der Waals surface area contributed by atoms with Crippen molar-refractivity contribution in [3.63, 3.8) is 0 Å². The van der Waals surface area contributed by atoms with E-state index < -0.39 is 0 Å². The van der Waals surface area contributed by atoms with Crippen LogP contribution in [0.25, 0.3) is 11.3 Å². The highest BCUT2D eigenvalue weighted by Gasteiger charge is 2.41. The molecule has 2 aliphatic heterocycles. The Labute approximate surface area is 177 Å². The second-order valence-corrected chi connectivity index (χ2v) is 8.37. The molecule has 2 aromatic heterocycles. The molecule has 0 saturated carbocycles. The van der Waals surface area contributed by atoms with E-state index in [1.165, 1.54) is 12.1 Å². The third kappa shape index (κ3) is 3.57.